The second-order valence-corrected chi connectivity index (χ2v) is 8.22. The molecule has 3 rings (SSSR count). The van der Waals surface area contributed by atoms with Gasteiger partial charge in [-0.25, -0.2) is 4.98 Å². The molecule has 0 aliphatic carbocycles. The predicted molar refractivity (Wildman–Crippen MR) is 115 cm³/mol. The van der Waals surface area contributed by atoms with Gasteiger partial charge in [-0.05, 0) is 45.3 Å². The fourth-order valence-electron chi connectivity index (χ4n) is 3.55. The van der Waals surface area contributed by atoms with E-state index in [1.165, 1.54) is 37.1 Å². The highest BCUT2D eigenvalue weighted by molar-refractivity contribution is 7.09. The summed E-state index contributed by atoms with van der Waals surface area (Å²) in [5.41, 5.74) is 3.83. The number of likely N-dealkylation sites (tertiary alicyclic amines) is 1. The number of aryl methyl sites for hydroxylation is 2. The zero-order valence-electron chi connectivity index (χ0n) is 16.7. The third-order valence-corrected chi connectivity index (χ3v) is 5.89. The minimum atomic E-state index is 0.382. The molecule has 1 fully saturated rings. The van der Waals surface area contributed by atoms with Gasteiger partial charge < -0.3 is 10.6 Å². The number of aliphatic imine (C=N–C) groups is 1. The van der Waals surface area contributed by atoms with Crippen LogP contribution in [0, 0.1) is 13.8 Å². The van der Waals surface area contributed by atoms with Crippen LogP contribution in [0.4, 0.5) is 0 Å². The average Bonchev–Trinajstić information content (AvgIpc) is 3.34. The molecule has 1 aromatic carbocycles. The summed E-state index contributed by atoms with van der Waals surface area (Å²) in [4.78, 5) is 11.5. The van der Waals surface area contributed by atoms with Gasteiger partial charge >= 0.3 is 0 Å². The van der Waals surface area contributed by atoms with Crippen molar-refractivity contribution in [2.75, 3.05) is 33.2 Å². The van der Waals surface area contributed by atoms with Gasteiger partial charge in [-0.3, -0.25) is 9.89 Å². The number of nitrogens with one attached hydrogen (secondary N) is 2. The number of guanidine groups is 1. The summed E-state index contributed by atoms with van der Waals surface area (Å²) in [6.07, 6.45) is 3.50. The summed E-state index contributed by atoms with van der Waals surface area (Å²) in [6.45, 7) is 8.24. The lowest BCUT2D eigenvalue weighted by molar-refractivity contribution is 0.245. The Morgan fingerprint density at radius 3 is 2.56 bits per heavy atom. The first kappa shape index (κ1) is 19.8. The molecule has 1 unspecified atom stereocenters. The SMILES string of the molecule is CN=C(NCCc1csc(C)n1)NCC(c1ccc(C)cc1)N1CCCC1. The van der Waals surface area contributed by atoms with Gasteiger partial charge in [0.15, 0.2) is 5.96 Å². The average molecular weight is 386 g/mol. The van der Waals surface area contributed by atoms with E-state index in [1.54, 1.807) is 11.3 Å². The van der Waals surface area contributed by atoms with Crippen LogP contribution in [-0.4, -0.2) is 49.1 Å². The molecular formula is C21H31N5S. The van der Waals surface area contributed by atoms with Crippen molar-refractivity contribution >= 4 is 17.3 Å². The molecule has 27 heavy (non-hydrogen) atoms. The monoisotopic (exact) mass is 385 g/mol. The number of aromatic nitrogens is 1. The Morgan fingerprint density at radius 1 is 1.19 bits per heavy atom. The maximum absolute atomic E-state index is 4.52. The van der Waals surface area contributed by atoms with Gasteiger partial charge in [0, 0.05) is 31.9 Å². The quantitative estimate of drug-likeness (QED) is 0.567. The Morgan fingerprint density at radius 2 is 1.93 bits per heavy atom. The molecule has 146 valence electrons. The largest absolute Gasteiger partial charge is 0.356 e. The van der Waals surface area contributed by atoms with Crippen molar-refractivity contribution in [3.05, 3.63) is 51.5 Å². The van der Waals surface area contributed by atoms with Crippen molar-refractivity contribution in [2.24, 2.45) is 4.99 Å². The minimum absolute atomic E-state index is 0.382. The van der Waals surface area contributed by atoms with E-state index in [1.807, 2.05) is 14.0 Å². The van der Waals surface area contributed by atoms with Crippen LogP contribution in [0.3, 0.4) is 0 Å². The smallest absolute Gasteiger partial charge is 0.191 e. The van der Waals surface area contributed by atoms with E-state index >= 15 is 0 Å². The summed E-state index contributed by atoms with van der Waals surface area (Å²) >= 11 is 1.71. The normalized spacial score (nSPS) is 16.5. The van der Waals surface area contributed by atoms with Gasteiger partial charge in [-0.15, -0.1) is 11.3 Å². The van der Waals surface area contributed by atoms with Crippen molar-refractivity contribution in [3.8, 4) is 0 Å². The molecule has 0 saturated carbocycles. The maximum atomic E-state index is 4.52. The lowest BCUT2D eigenvalue weighted by atomic mass is 10.0. The number of benzene rings is 1. The zero-order chi connectivity index (χ0) is 19.1. The molecule has 5 nitrogen and oxygen atoms in total. The van der Waals surface area contributed by atoms with Crippen LogP contribution >= 0.6 is 11.3 Å². The van der Waals surface area contributed by atoms with Gasteiger partial charge in [0.1, 0.15) is 0 Å². The van der Waals surface area contributed by atoms with E-state index in [-0.39, 0.29) is 0 Å². The molecule has 2 N–H and O–H groups in total. The van der Waals surface area contributed by atoms with E-state index in [0.29, 0.717) is 6.04 Å². The van der Waals surface area contributed by atoms with E-state index < -0.39 is 0 Å². The fraction of sp³-hybridized carbons (Fsp3) is 0.524. The van der Waals surface area contributed by atoms with Crippen molar-refractivity contribution in [1.29, 1.82) is 0 Å². The van der Waals surface area contributed by atoms with Crippen LogP contribution in [-0.2, 0) is 6.42 Å². The first-order chi connectivity index (χ1) is 13.2. The third kappa shape index (κ3) is 5.78. The topological polar surface area (TPSA) is 52.6 Å². The lowest BCUT2D eigenvalue weighted by Gasteiger charge is -2.29. The Kier molecular flexibility index (Phi) is 7.24. The summed E-state index contributed by atoms with van der Waals surface area (Å²) in [5.74, 6) is 0.860. The highest BCUT2D eigenvalue weighted by Crippen LogP contribution is 2.24. The van der Waals surface area contributed by atoms with Crippen molar-refractivity contribution in [3.63, 3.8) is 0 Å². The van der Waals surface area contributed by atoms with E-state index in [4.69, 9.17) is 0 Å². The molecule has 1 aliphatic heterocycles. The lowest BCUT2D eigenvalue weighted by Crippen LogP contribution is -2.43. The van der Waals surface area contributed by atoms with Gasteiger partial charge in [0.25, 0.3) is 0 Å². The molecule has 0 radical (unpaired) electrons. The first-order valence-electron chi connectivity index (χ1n) is 9.82. The molecule has 1 saturated heterocycles. The standard InChI is InChI=1S/C21H31N5S/c1-16-6-8-18(9-7-16)20(26-12-4-5-13-26)14-24-21(22-3)23-11-10-19-15-27-17(2)25-19/h6-9,15,20H,4-5,10-14H2,1-3H3,(H2,22,23,24). The number of rotatable bonds is 7. The summed E-state index contributed by atoms with van der Waals surface area (Å²) in [5, 5.41) is 10.2. The molecule has 2 heterocycles. The first-order valence-corrected chi connectivity index (χ1v) is 10.7. The number of nitrogens with zero attached hydrogens (tertiary/aromatic N) is 3. The molecule has 1 aliphatic rings. The van der Waals surface area contributed by atoms with Gasteiger partial charge in [-0.2, -0.15) is 0 Å². The minimum Gasteiger partial charge on any atom is -0.356 e. The Balaban J connectivity index is 1.55. The van der Waals surface area contributed by atoms with Crippen molar-refractivity contribution < 1.29 is 0 Å². The summed E-state index contributed by atoms with van der Waals surface area (Å²) < 4.78 is 0. The predicted octanol–water partition coefficient (Wildman–Crippen LogP) is 3.30. The van der Waals surface area contributed by atoms with Crippen LogP contribution in [0.2, 0.25) is 0 Å². The molecule has 2 aromatic rings. The van der Waals surface area contributed by atoms with E-state index in [0.717, 1.165) is 36.2 Å². The fourth-order valence-corrected chi connectivity index (χ4v) is 4.19. The molecular weight excluding hydrogens is 354 g/mol. The maximum Gasteiger partial charge on any atom is 0.191 e. The van der Waals surface area contributed by atoms with Crippen LogP contribution < -0.4 is 10.6 Å². The van der Waals surface area contributed by atoms with Crippen LogP contribution in [0.5, 0.6) is 0 Å². The van der Waals surface area contributed by atoms with E-state index in [9.17, 15) is 0 Å². The second kappa shape index (κ2) is 9.85. The van der Waals surface area contributed by atoms with Crippen molar-refractivity contribution in [1.82, 2.24) is 20.5 Å². The summed E-state index contributed by atoms with van der Waals surface area (Å²) in [7, 11) is 1.83. The van der Waals surface area contributed by atoms with Crippen molar-refractivity contribution in [2.45, 2.75) is 39.2 Å². The molecule has 0 bridgehead atoms. The number of thiazole rings is 1. The van der Waals surface area contributed by atoms with Crippen LogP contribution in [0.15, 0.2) is 34.6 Å². The Labute approximate surface area is 166 Å². The Bertz CT molecular complexity index is 731. The van der Waals surface area contributed by atoms with Crippen LogP contribution in [0.1, 0.15) is 40.7 Å². The molecule has 6 heteroatoms. The highest BCUT2D eigenvalue weighted by Gasteiger charge is 2.23. The molecule has 0 amide bonds. The van der Waals surface area contributed by atoms with Crippen LogP contribution in [0.25, 0.3) is 0 Å². The van der Waals surface area contributed by atoms with E-state index in [2.05, 4.69) is 62.1 Å². The Hall–Kier alpha value is -1.92. The van der Waals surface area contributed by atoms with Gasteiger partial charge in [0.05, 0.1) is 16.7 Å². The molecule has 1 aromatic heterocycles. The highest BCUT2D eigenvalue weighted by atomic mass is 32.1. The van der Waals surface area contributed by atoms with Gasteiger partial charge in [0.2, 0.25) is 0 Å². The zero-order valence-corrected chi connectivity index (χ0v) is 17.5. The summed E-state index contributed by atoms with van der Waals surface area (Å²) in [6, 6.07) is 9.33. The number of hydrogen-bond donors (Lipinski definition) is 2. The third-order valence-electron chi connectivity index (χ3n) is 5.07. The molecule has 1 atom stereocenters. The number of hydrogen-bond acceptors (Lipinski definition) is 4. The molecule has 0 spiro atoms. The second-order valence-electron chi connectivity index (χ2n) is 7.16. The van der Waals surface area contributed by atoms with Gasteiger partial charge in [-0.1, -0.05) is 29.8 Å².